The van der Waals surface area contributed by atoms with Gasteiger partial charge in [-0.3, -0.25) is 4.57 Å². The Morgan fingerprint density at radius 3 is 2.23 bits per heavy atom. The maximum atomic E-state index is 10.5. The third kappa shape index (κ3) is 4.56. The van der Waals surface area contributed by atoms with Gasteiger partial charge in [-0.1, -0.05) is 84.0 Å². The van der Waals surface area contributed by atoms with Crippen molar-refractivity contribution in [2.75, 3.05) is 0 Å². The zero-order chi connectivity index (χ0) is 30.1. The Bertz CT molecular complexity index is 2190. The molecular formula is C38H35N3O2. The lowest BCUT2D eigenvalue weighted by Crippen LogP contribution is -2.13. The van der Waals surface area contributed by atoms with Crippen LogP contribution < -0.4 is 4.74 Å². The molecule has 0 aliphatic heterocycles. The second-order valence-electron chi connectivity index (χ2n) is 13.4. The van der Waals surface area contributed by atoms with Crippen molar-refractivity contribution < 1.29 is 9.84 Å². The van der Waals surface area contributed by atoms with Gasteiger partial charge in [0.2, 0.25) is 5.88 Å². The minimum absolute atomic E-state index is 0.00350. The Hall–Kier alpha value is -4.90. The zero-order valence-corrected chi connectivity index (χ0v) is 25.4. The standard InChI is InChI=1S/C38H35N3O2/c1-37(2,3)25-15-16-30-27(20-25)28-21-29(38(4,5)6)33(43-34-17-14-24-11-9-13-32(42)35(24)40-34)22-31(28)41(30)36-26-12-8-7-10-23(26)18-19-39-36/h7-22,42H,1-6H3. The molecule has 3 aromatic heterocycles. The third-order valence-corrected chi connectivity index (χ3v) is 8.29. The summed E-state index contributed by atoms with van der Waals surface area (Å²) < 4.78 is 8.87. The van der Waals surface area contributed by atoms with E-state index in [0.29, 0.717) is 11.4 Å². The maximum absolute atomic E-state index is 10.5. The van der Waals surface area contributed by atoms with Crippen LogP contribution in [-0.2, 0) is 10.8 Å². The van der Waals surface area contributed by atoms with E-state index >= 15 is 0 Å². The molecule has 4 aromatic carbocycles. The molecule has 0 fully saturated rings. The quantitative estimate of drug-likeness (QED) is 0.232. The second kappa shape index (κ2) is 9.56. The fourth-order valence-corrected chi connectivity index (χ4v) is 5.98. The molecule has 0 unspecified atom stereocenters. The predicted molar refractivity (Wildman–Crippen MR) is 177 cm³/mol. The molecule has 0 bridgehead atoms. The van der Waals surface area contributed by atoms with E-state index in [9.17, 15) is 5.11 Å². The fraction of sp³-hybridized carbons (Fsp3) is 0.211. The van der Waals surface area contributed by atoms with E-state index < -0.39 is 0 Å². The molecule has 7 aromatic rings. The Morgan fingerprint density at radius 2 is 1.44 bits per heavy atom. The molecule has 0 aliphatic carbocycles. The molecule has 0 saturated heterocycles. The third-order valence-electron chi connectivity index (χ3n) is 8.29. The highest BCUT2D eigenvalue weighted by atomic mass is 16.5. The fourth-order valence-electron chi connectivity index (χ4n) is 5.98. The van der Waals surface area contributed by atoms with E-state index in [4.69, 9.17) is 9.72 Å². The molecule has 0 saturated carbocycles. The molecule has 43 heavy (non-hydrogen) atoms. The number of phenolic OH excluding ortho intramolecular Hbond substituents is 1. The van der Waals surface area contributed by atoms with E-state index in [2.05, 4.69) is 112 Å². The van der Waals surface area contributed by atoms with Crippen molar-refractivity contribution in [1.29, 1.82) is 0 Å². The number of rotatable bonds is 3. The topological polar surface area (TPSA) is 60.2 Å². The van der Waals surface area contributed by atoms with E-state index in [0.717, 1.165) is 49.7 Å². The molecular weight excluding hydrogens is 530 g/mol. The Kier molecular flexibility index (Phi) is 6.00. The monoisotopic (exact) mass is 565 g/mol. The number of aromatic hydroxyl groups is 1. The van der Waals surface area contributed by atoms with E-state index in [1.54, 1.807) is 6.07 Å². The second-order valence-corrected chi connectivity index (χ2v) is 13.4. The molecule has 0 radical (unpaired) electrons. The van der Waals surface area contributed by atoms with Gasteiger partial charge in [0.25, 0.3) is 0 Å². The van der Waals surface area contributed by atoms with Crippen LogP contribution in [0.2, 0.25) is 0 Å². The minimum atomic E-state index is -0.212. The SMILES string of the molecule is CC(C)(C)c1ccc2c(c1)c1cc(C(C)(C)C)c(Oc3ccc4cccc(O)c4n3)cc1n2-c1nccc2ccccc12. The van der Waals surface area contributed by atoms with Gasteiger partial charge in [-0.15, -0.1) is 0 Å². The van der Waals surface area contributed by atoms with Crippen LogP contribution in [0, 0.1) is 0 Å². The van der Waals surface area contributed by atoms with Crippen molar-refractivity contribution in [2.45, 2.75) is 52.4 Å². The minimum Gasteiger partial charge on any atom is -0.506 e. The maximum Gasteiger partial charge on any atom is 0.219 e. The molecule has 3 heterocycles. The van der Waals surface area contributed by atoms with Crippen LogP contribution in [0.25, 0.3) is 49.3 Å². The smallest absolute Gasteiger partial charge is 0.219 e. The van der Waals surface area contributed by atoms with Gasteiger partial charge in [-0.2, -0.15) is 0 Å². The van der Waals surface area contributed by atoms with Crippen molar-refractivity contribution >= 4 is 43.5 Å². The highest BCUT2D eigenvalue weighted by Crippen LogP contribution is 2.43. The number of ether oxygens (including phenoxy) is 1. The van der Waals surface area contributed by atoms with Gasteiger partial charge in [0.1, 0.15) is 22.8 Å². The lowest BCUT2D eigenvalue weighted by atomic mass is 9.84. The number of pyridine rings is 2. The summed E-state index contributed by atoms with van der Waals surface area (Å²) in [5, 5.41) is 15.9. The van der Waals surface area contributed by atoms with Crippen LogP contribution in [0.15, 0.2) is 97.2 Å². The number of hydrogen-bond acceptors (Lipinski definition) is 4. The van der Waals surface area contributed by atoms with Crippen LogP contribution in [0.5, 0.6) is 17.4 Å². The summed E-state index contributed by atoms with van der Waals surface area (Å²) in [5.41, 5.74) is 4.77. The first-order valence-corrected chi connectivity index (χ1v) is 14.7. The van der Waals surface area contributed by atoms with Gasteiger partial charge in [0, 0.05) is 45.4 Å². The Balaban J connectivity index is 1.55. The molecule has 0 aliphatic rings. The first-order chi connectivity index (χ1) is 20.5. The van der Waals surface area contributed by atoms with Crippen molar-refractivity contribution in [3.05, 3.63) is 108 Å². The molecule has 5 nitrogen and oxygen atoms in total. The van der Waals surface area contributed by atoms with Gasteiger partial charge in [-0.25, -0.2) is 9.97 Å². The number of fused-ring (bicyclic) bond motifs is 5. The van der Waals surface area contributed by atoms with Crippen LogP contribution in [0.3, 0.4) is 0 Å². The van der Waals surface area contributed by atoms with E-state index in [-0.39, 0.29) is 16.6 Å². The first-order valence-electron chi connectivity index (χ1n) is 14.7. The average Bonchev–Trinajstić information content (AvgIpc) is 3.28. The summed E-state index contributed by atoms with van der Waals surface area (Å²) in [4.78, 5) is 9.62. The summed E-state index contributed by atoms with van der Waals surface area (Å²) in [6.45, 7) is 13.4. The van der Waals surface area contributed by atoms with Gasteiger partial charge < -0.3 is 9.84 Å². The normalized spacial score (nSPS) is 12.5. The molecule has 0 amide bonds. The summed E-state index contributed by atoms with van der Waals surface area (Å²) in [6, 6.07) is 30.8. The van der Waals surface area contributed by atoms with Crippen molar-refractivity contribution in [3.8, 4) is 23.2 Å². The van der Waals surface area contributed by atoms with Crippen LogP contribution in [0.1, 0.15) is 52.7 Å². The van der Waals surface area contributed by atoms with Crippen LogP contribution in [0.4, 0.5) is 0 Å². The zero-order valence-electron chi connectivity index (χ0n) is 25.4. The molecule has 0 spiro atoms. The van der Waals surface area contributed by atoms with E-state index in [1.807, 2.05) is 30.5 Å². The summed E-state index contributed by atoms with van der Waals surface area (Å²) in [5.74, 6) is 2.17. The highest BCUT2D eigenvalue weighted by molar-refractivity contribution is 6.11. The highest BCUT2D eigenvalue weighted by Gasteiger charge is 2.25. The number of benzene rings is 4. The summed E-state index contributed by atoms with van der Waals surface area (Å²) in [7, 11) is 0. The van der Waals surface area contributed by atoms with Gasteiger partial charge in [0.15, 0.2) is 0 Å². The molecule has 0 atom stereocenters. The van der Waals surface area contributed by atoms with Gasteiger partial charge in [0.05, 0.1) is 11.0 Å². The van der Waals surface area contributed by atoms with Gasteiger partial charge >= 0.3 is 0 Å². The Morgan fingerprint density at radius 1 is 0.674 bits per heavy atom. The summed E-state index contributed by atoms with van der Waals surface area (Å²) >= 11 is 0. The van der Waals surface area contributed by atoms with Crippen molar-refractivity contribution in [2.24, 2.45) is 0 Å². The number of nitrogens with zero attached hydrogens (tertiary/aromatic N) is 3. The number of para-hydroxylation sites is 1. The number of hydrogen-bond donors (Lipinski definition) is 1. The largest absolute Gasteiger partial charge is 0.506 e. The Labute approximate surface area is 251 Å². The number of aromatic nitrogens is 3. The summed E-state index contributed by atoms with van der Waals surface area (Å²) in [6.07, 6.45) is 1.88. The lowest BCUT2D eigenvalue weighted by molar-refractivity contribution is 0.440. The molecule has 5 heteroatoms. The van der Waals surface area contributed by atoms with Crippen LogP contribution in [-0.4, -0.2) is 19.6 Å². The molecule has 214 valence electrons. The van der Waals surface area contributed by atoms with Crippen molar-refractivity contribution in [3.63, 3.8) is 0 Å². The molecule has 1 N–H and O–H groups in total. The lowest BCUT2D eigenvalue weighted by Gasteiger charge is -2.23. The number of phenols is 1. The predicted octanol–water partition coefficient (Wildman–Crippen LogP) is 9.97. The van der Waals surface area contributed by atoms with E-state index in [1.165, 1.54) is 10.9 Å². The van der Waals surface area contributed by atoms with Crippen LogP contribution >= 0.6 is 0 Å². The molecule has 7 rings (SSSR count). The first kappa shape index (κ1) is 27.0. The average molecular weight is 566 g/mol. The van der Waals surface area contributed by atoms with Crippen molar-refractivity contribution in [1.82, 2.24) is 14.5 Å². The van der Waals surface area contributed by atoms with Gasteiger partial charge in [-0.05, 0) is 58.2 Å².